The Hall–Kier alpha value is -2.23. The second kappa shape index (κ2) is 6.04. The summed E-state index contributed by atoms with van der Waals surface area (Å²) in [6.45, 7) is 1.60. The molecule has 1 atom stereocenters. The Morgan fingerprint density at radius 3 is 2.29 bits per heavy atom. The maximum Gasteiger partial charge on any atom is 0.417 e. The van der Waals surface area contributed by atoms with Gasteiger partial charge in [0.25, 0.3) is 0 Å². The number of anilines is 1. The number of nitriles is 1. The van der Waals surface area contributed by atoms with Crippen LogP contribution in [0.3, 0.4) is 0 Å². The van der Waals surface area contributed by atoms with Crippen LogP contribution in [-0.4, -0.2) is 38.0 Å². The molecule has 0 heterocycles. The van der Waals surface area contributed by atoms with Crippen LogP contribution < -0.4 is 4.90 Å². The van der Waals surface area contributed by atoms with E-state index in [-0.39, 0.29) is 11.6 Å². The van der Waals surface area contributed by atoms with Gasteiger partial charge >= 0.3 is 6.18 Å². The number of carbonyl (C=O) groups is 1. The van der Waals surface area contributed by atoms with Crippen molar-refractivity contribution >= 4 is 11.6 Å². The number of likely N-dealkylation sites (N-methyl/N-ethyl adjacent to an activating group) is 2. The van der Waals surface area contributed by atoms with E-state index in [2.05, 4.69) is 0 Å². The van der Waals surface area contributed by atoms with E-state index in [1.165, 1.54) is 29.0 Å². The fraction of sp³-hybridized carbons (Fsp3) is 0.429. The maximum absolute atomic E-state index is 12.9. The lowest BCUT2D eigenvalue weighted by molar-refractivity contribution is -0.137. The number of carbonyl (C=O) groups excluding carboxylic acids is 1. The van der Waals surface area contributed by atoms with Crippen LogP contribution in [0, 0.1) is 11.3 Å². The highest BCUT2D eigenvalue weighted by Gasteiger charge is 2.34. The van der Waals surface area contributed by atoms with Crippen molar-refractivity contribution in [3.63, 3.8) is 0 Å². The third kappa shape index (κ3) is 3.66. The lowest BCUT2D eigenvalue weighted by Gasteiger charge is -2.28. The monoisotopic (exact) mass is 299 g/mol. The highest BCUT2D eigenvalue weighted by Crippen LogP contribution is 2.34. The zero-order chi connectivity index (χ0) is 16.4. The molecule has 0 aliphatic carbocycles. The summed E-state index contributed by atoms with van der Waals surface area (Å²) in [7, 11) is 4.69. The van der Waals surface area contributed by atoms with Gasteiger partial charge in [0, 0.05) is 26.8 Å². The standard InChI is InChI=1S/C14H16F3N3O/c1-9(13(21)19(2)3)20(4)11-6-5-10(8-18)12(7-11)14(15,16)17/h5-7,9H,1-4H3/t9-/m0/s1. The minimum atomic E-state index is -4.61. The van der Waals surface area contributed by atoms with E-state index in [9.17, 15) is 18.0 Å². The first-order valence-corrected chi connectivity index (χ1v) is 6.15. The molecule has 1 rings (SSSR count). The molecule has 0 unspecified atom stereocenters. The normalized spacial score (nSPS) is 12.5. The molecular weight excluding hydrogens is 283 g/mol. The summed E-state index contributed by atoms with van der Waals surface area (Å²) >= 11 is 0. The van der Waals surface area contributed by atoms with Crippen LogP contribution in [0.4, 0.5) is 18.9 Å². The van der Waals surface area contributed by atoms with Gasteiger partial charge in [0.15, 0.2) is 0 Å². The Bertz CT molecular complexity index is 576. The van der Waals surface area contributed by atoms with E-state index in [4.69, 9.17) is 5.26 Å². The molecule has 0 N–H and O–H groups in total. The summed E-state index contributed by atoms with van der Waals surface area (Å²) in [4.78, 5) is 14.7. The summed E-state index contributed by atoms with van der Waals surface area (Å²) in [5.74, 6) is -0.226. The lowest BCUT2D eigenvalue weighted by Crippen LogP contribution is -2.42. The van der Waals surface area contributed by atoms with Gasteiger partial charge in [-0.05, 0) is 25.1 Å². The fourth-order valence-corrected chi connectivity index (χ4v) is 1.85. The molecule has 7 heteroatoms. The highest BCUT2D eigenvalue weighted by molar-refractivity contribution is 5.84. The van der Waals surface area contributed by atoms with Gasteiger partial charge in [0.2, 0.25) is 5.91 Å². The Morgan fingerprint density at radius 2 is 1.86 bits per heavy atom. The topological polar surface area (TPSA) is 47.3 Å². The highest BCUT2D eigenvalue weighted by atomic mass is 19.4. The summed E-state index contributed by atoms with van der Waals surface area (Å²) < 4.78 is 38.8. The first-order valence-electron chi connectivity index (χ1n) is 6.15. The first-order chi connectivity index (χ1) is 9.59. The zero-order valence-electron chi connectivity index (χ0n) is 12.2. The van der Waals surface area contributed by atoms with Crippen LogP contribution in [0.15, 0.2) is 18.2 Å². The van der Waals surface area contributed by atoms with Crippen molar-refractivity contribution in [3.05, 3.63) is 29.3 Å². The van der Waals surface area contributed by atoms with Gasteiger partial charge in [-0.3, -0.25) is 4.79 Å². The molecule has 1 aromatic carbocycles. The van der Waals surface area contributed by atoms with Gasteiger partial charge < -0.3 is 9.80 Å². The number of alkyl halides is 3. The van der Waals surface area contributed by atoms with Crippen molar-refractivity contribution in [2.24, 2.45) is 0 Å². The Balaban J connectivity index is 3.21. The SMILES string of the molecule is C[C@@H](C(=O)N(C)C)N(C)c1ccc(C#N)c(C(F)(F)F)c1. The van der Waals surface area contributed by atoms with Crippen molar-refractivity contribution in [3.8, 4) is 6.07 Å². The molecule has 4 nitrogen and oxygen atoms in total. The van der Waals surface area contributed by atoms with Crippen molar-refractivity contribution in [2.75, 3.05) is 26.0 Å². The molecule has 0 saturated heterocycles. The third-order valence-electron chi connectivity index (χ3n) is 3.22. The van der Waals surface area contributed by atoms with Gasteiger partial charge in [0.1, 0.15) is 6.04 Å². The second-order valence-corrected chi connectivity index (χ2v) is 4.86. The molecule has 0 bridgehead atoms. The molecule has 0 fully saturated rings. The molecule has 0 aromatic heterocycles. The molecule has 114 valence electrons. The minimum Gasteiger partial charge on any atom is -0.363 e. The number of hydrogen-bond acceptors (Lipinski definition) is 3. The molecule has 0 saturated carbocycles. The zero-order valence-corrected chi connectivity index (χ0v) is 12.2. The van der Waals surface area contributed by atoms with Crippen molar-refractivity contribution in [2.45, 2.75) is 19.1 Å². The van der Waals surface area contributed by atoms with Crippen LogP contribution in [0.1, 0.15) is 18.1 Å². The smallest absolute Gasteiger partial charge is 0.363 e. The predicted octanol–water partition coefficient (Wildman–Crippen LogP) is 2.49. The molecule has 0 radical (unpaired) electrons. The Kier molecular flexibility index (Phi) is 4.84. The van der Waals surface area contributed by atoms with E-state index in [1.54, 1.807) is 21.0 Å². The van der Waals surface area contributed by atoms with Crippen molar-refractivity contribution < 1.29 is 18.0 Å². The van der Waals surface area contributed by atoms with Crippen LogP contribution in [0.2, 0.25) is 0 Å². The van der Waals surface area contributed by atoms with Crippen molar-refractivity contribution in [1.82, 2.24) is 4.90 Å². The van der Waals surface area contributed by atoms with Crippen LogP contribution in [-0.2, 0) is 11.0 Å². The van der Waals surface area contributed by atoms with Crippen LogP contribution in [0.5, 0.6) is 0 Å². The van der Waals surface area contributed by atoms with Gasteiger partial charge in [-0.2, -0.15) is 18.4 Å². The van der Waals surface area contributed by atoms with E-state index in [0.29, 0.717) is 0 Å². The second-order valence-electron chi connectivity index (χ2n) is 4.86. The van der Waals surface area contributed by atoms with E-state index >= 15 is 0 Å². The average molecular weight is 299 g/mol. The first kappa shape index (κ1) is 16.8. The third-order valence-corrected chi connectivity index (χ3v) is 3.22. The van der Waals surface area contributed by atoms with E-state index < -0.39 is 23.3 Å². The minimum absolute atomic E-state index is 0.226. The number of hydrogen-bond donors (Lipinski definition) is 0. The number of amides is 1. The maximum atomic E-state index is 12.9. The lowest BCUT2D eigenvalue weighted by atomic mass is 10.1. The largest absolute Gasteiger partial charge is 0.417 e. The van der Waals surface area contributed by atoms with Gasteiger partial charge in [-0.15, -0.1) is 0 Å². The van der Waals surface area contributed by atoms with Gasteiger partial charge in [0.05, 0.1) is 17.2 Å². The van der Waals surface area contributed by atoms with Crippen LogP contribution >= 0.6 is 0 Å². The number of benzene rings is 1. The molecule has 0 spiro atoms. The van der Waals surface area contributed by atoms with Crippen molar-refractivity contribution in [1.29, 1.82) is 5.26 Å². The summed E-state index contributed by atoms with van der Waals surface area (Å²) in [5.41, 5.74) is -1.21. The van der Waals surface area contributed by atoms with E-state index in [1.807, 2.05) is 0 Å². The number of nitrogens with zero attached hydrogens (tertiary/aromatic N) is 3. The summed E-state index contributed by atoms with van der Waals surface area (Å²) in [5, 5.41) is 8.76. The van der Waals surface area contributed by atoms with Gasteiger partial charge in [-0.25, -0.2) is 0 Å². The predicted molar refractivity (Wildman–Crippen MR) is 72.7 cm³/mol. The summed E-state index contributed by atoms with van der Waals surface area (Å²) in [6, 6.07) is 4.30. The number of rotatable bonds is 3. The molecule has 0 aliphatic heterocycles. The molecule has 21 heavy (non-hydrogen) atoms. The average Bonchev–Trinajstić information content (AvgIpc) is 2.43. The Labute approximate surface area is 121 Å². The molecule has 0 aliphatic rings. The fourth-order valence-electron chi connectivity index (χ4n) is 1.85. The number of halogens is 3. The molecule has 1 amide bonds. The van der Waals surface area contributed by atoms with Gasteiger partial charge in [-0.1, -0.05) is 0 Å². The van der Waals surface area contributed by atoms with E-state index in [0.717, 1.165) is 12.1 Å². The van der Waals surface area contributed by atoms with Crippen LogP contribution in [0.25, 0.3) is 0 Å². The molecular formula is C14H16F3N3O. The Morgan fingerprint density at radius 1 is 1.29 bits per heavy atom. The quantitative estimate of drug-likeness (QED) is 0.861. The summed E-state index contributed by atoms with van der Waals surface area (Å²) in [6.07, 6.45) is -4.61. The molecule has 1 aromatic rings.